The molecule has 0 saturated heterocycles. The molecule has 0 saturated carbocycles. The molecule has 1 N–H and O–H groups in total. The first kappa shape index (κ1) is 18.6. The summed E-state index contributed by atoms with van der Waals surface area (Å²) in [5.74, 6) is 0.185. The molecular formula is C13H28N2O3S. The smallest absolute Gasteiger partial charge is 0.214 e. The molecule has 0 atom stereocenters. The van der Waals surface area contributed by atoms with Gasteiger partial charge in [0.1, 0.15) is 0 Å². The van der Waals surface area contributed by atoms with Gasteiger partial charge in [-0.3, -0.25) is 0 Å². The quantitative estimate of drug-likeness (QED) is 0.434. The lowest BCUT2D eigenvalue weighted by atomic mass is 10.3. The van der Waals surface area contributed by atoms with Crippen LogP contribution in [0.1, 0.15) is 26.7 Å². The van der Waals surface area contributed by atoms with Crippen LogP contribution in [0.5, 0.6) is 0 Å². The fraction of sp³-hybridized carbons (Fsp3) is 0.846. The number of hydrogen-bond donors (Lipinski definition) is 1. The highest BCUT2D eigenvalue weighted by Gasteiger charge is 2.19. The van der Waals surface area contributed by atoms with Crippen molar-refractivity contribution in [3.05, 3.63) is 12.7 Å². The highest BCUT2D eigenvalue weighted by molar-refractivity contribution is 7.89. The van der Waals surface area contributed by atoms with Gasteiger partial charge in [0.2, 0.25) is 10.0 Å². The summed E-state index contributed by atoms with van der Waals surface area (Å²) < 4.78 is 30.6. The van der Waals surface area contributed by atoms with E-state index in [4.69, 9.17) is 4.74 Å². The molecule has 0 aliphatic heterocycles. The van der Waals surface area contributed by atoms with E-state index in [9.17, 15) is 8.42 Å². The maximum atomic E-state index is 12.1. The molecule has 114 valence electrons. The minimum atomic E-state index is -3.20. The number of methoxy groups -OCH3 is 1. The summed E-state index contributed by atoms with van der Waals surface area (Å²) in [6.45, 7) is 9.73. The van der Waals surface area contributed by atoms with E-state index in [0.29, 0.717) is 32.2 Å². The van der Waals surface area contributed by atoms with E-state index in [1.165, 1.54) is 4.31 Å². The van der Waals surface area contributed by atoms with Crippen molar-refractivity contribution in [2.75, 3.05) is 39.1 Å². The van der Waals surface area contributed by atoms with Crippen molar-refractivity contribution in [3.63, 3.8) is 0 Å². The molecule has 19 heavy (non-hydrogen) atoms. The summed E-state index contributed by atoms with van der Waals surface area (Å²) in [4.78, 5) is 0. The van der Waals surface area contributed by atoms with E-state index in [-0.39, 0.29) is 5.75 Å². The first-order chi connectivity index (χ1) is 8.94. The van der Waals surface area contributed by atoms with Crippen LogP contribution in [0.4, 0.5) is 0 Å². The Morgan fingerprint density at radius 2 is 2.05 bits per heavy atom. The molecule has 0 radical (unpaired) electrons. The summed E-state index contributed by atoms with van der Waals surface area (Å²) >= 11 is 0. The van der Waals surface area contributed by atoms with E-state index in [2.05, 4.69) is 25.7 Å². The number of sulfonamides is 1. The zero-order valence-electron chi connectivity index (χ0n) is 12.4. The molecule has 0 fully saturated rings. The third-order valence-corrected chi connectivity index (χ3v) is 4.58. The molecule has 0 rings (SSSR count). The second-order valence-electron chi connectivity index (χ2n) is 4.77. The first-order valence-corrected chi connectivity index (χ1v) is 8.36. The van der Waals surface area contributed by atoms with Crippen molar-refractivity contribution in [1.82, 2.24) is 9.62 Å². The second kappa shape index (κ2) is 10.4. The van der Waals surface area contributed by atoms with Crippen LogP contribution in [0.2, 0.25) is 0 Å². The van der Waals surface area contributed by atoms with Crippen LogP contribution in [0.15, 0.2) is 12.7 Å². The monoisotopic (exact) mass is 292 g/mol. The van der Waals surface area contributed by atoms with Crippen molar-refractivity contribution >= 4 is 10.0 Å². The third kappa shape index (κ3) is 9.15. The van der Waals surface area contributed by atoms with Crippen LogP contribution in [0, 0.1) is 0 Å². The lowest BCUT2D eigenvalue weighted by Gasteiger charge is -2.20. The van der Waals surface area contributed by atoms with Gasteiger partial charge in [-0.25, -0.2) is 8.42 Å². The van der Waals surface area contributed by atoms with E-state index in [1.807, 2.05) is 0 Å². The average Bonchev–Trinajstić information content (AvgIpc) is 2.33. The summed E-state index contributed by atoms with van der Waals surface area (Å²) in [6, 6.07) is 0.440. The average molecular weight is 292 g/mol. The van der Waals surface area contributed by atoms with Crippen LogP contribution in [-0.2, 0) is 14.8 Å². The van der Waals surface area contributed by atoms with E-state index >= 15 is 0 Å². The highest BCUT2D eigenvalue weighted by atomic mass is 32.2. The lowest BCUT2D eigenvalue weighted by Crippen LogP contribution is -2.36. The number of rotatable bonds is 12. The normalized spacial score (nSPS) is 12.3. The molecule has 0 heterocycles. The Bertz CT molecular complexity index is 329. The molecule has 0 amide bonds. The number of nitrogens with one attached hydrogen (secondary N) is 1. The highest BCUT2D eigenvalue weighted by Crippen LogP contribution is 2.05. The number of unbranched alkanes of at least 4 members (excludes halogenated alkanes) is 1. The number of nitrogens with zero attached hydrogens (tertiary/aromatic N) is 1. The number of ether oxygens (including phenoxy) is 1. The number of hydrogen-bond acceptors (Lipinski definition) is 4. The Morgan fingerprint density at radius 3 is 2.58 bits per heavy atom. The maximum Gasteiger partial charge on any atom is 0.214 e. The van der Waals surface area contributed by atoms with Crippen molar-refractivity contribution in [3.8, 4) is 0 Å². The van der Waals surface area contributed by atoms with Gasteiger partial charge in [-0.05, 0) is 19.4 Å². The predicted octanol–water partition coefficient (Wildman–Crippen LogP) is 1.23. The summed E-state index contributed by atoms with van der Waals surface area (Å²) in [5, 5.41) is 3.28. The van der Waals surface area contributed by atoms with Gasteiger partial charge in [0.25, 0.3) is 0 Å². The Hall–Kier alpha value is -0.430. The van der Waals surface area contributed by atoms with Crippen LogP contribution < -0.4 is 5.32 Å². The van der Waals surface area contributed by atoms with E-state index in [0.717, 1.165) is 13.0 Å². The minimum Gasteiger partial charge on any atom is -0.383 e. The van der Waals surface area contributed by atoms with Gasteiger partial charge in [-0.15, -0.1) is 6.58 Å². The van der Waals surface area contributed by atoms with Gasteiger partial charge >= 0.3 is 0 Å². The van der Waals surface area contributed by atoms with Crippen LogP contribution in [0.25, 0.3) is 0 Å². The Balaban J connectivity index is 4.13. The van der Waals surface area contributed by atoms with Crippen molar-refractivity contribution in [1.29, 1.82) is 0 Å². The summed E-state index contributed by atoms with van der Waals surface area (Å²) in [5.41, 5.74) is 0. The molecule has 0 aromatic carbocycles. The fourth-order valence-electron chi connectivity index (χ4n) is 1.61. The van der Waals surface area contributed by atoms with Gasteiger partial charge in [-0.1, -0.05) is 19.9 Å². The topological polar surface area (TPSA) is 58.6 Å². The molecule has 0 aliphatic rings. The molecule has 0 aromatic heterocycles. The standard InChI is InChI=1S/C13H28N2O3S/c1-5-9-15(10-11-18-4)19(16,17)12-7-6-8-14-13(2)3/h5,13-14H,1,6-12H2,2-4H3. The van der Waals surface area contributed by atoms with Gasteiger partial charge < -0.3 is 10.1 Å². The minimum absolute atomic E-state index is 0.185. The van der Waals surface area contributed by atoms with Gasteiger partial charge in [0, 0.05) is 26.2 Å². The molecule has 0 aliphatic carbocycles. The lowest BCUT2D eigenvalue weighted by molar-refractivity contribution is 0.182. The predicted molar refractivity (Wildman–Crippen MR) is 79.8 cm³/mol. The van der Waals surface area contributed by atoms with Crippen LogP contribution >= 0.6 is 0 Å². The Labute approximate surface area is 118 Å². The zero-order chi connectivity index (χ0) is 14.7. The third-order valence-electron chi connectivity index (χ3n) is 2.65. The molecular weight excluding hydrogens is 264 g/mol. The van der Waals surface area contributed by atoms with E-state index < -0.39 is 10.0 Å². The van der Waals surface area contributed by atoms with E-state index in [1.54, 1.807) is 13.2 Å². The summed E-state index contributed by atoms with van der Waals surface area (Å²) in [7, 11) is -1.64. The first-order valence-electron chi connectivity index (χ1n) is 6.75. The van der Waals surface area contributed by atoms with Crippen molar-refractivity contribution < 1.29 is 13.2 Å². The molecule has 0 unspecified atom stereocenters. The molecule has 0 aromatic rings. The van der Waals surface area contributed by atoms with Crippen molar-refractivity contribution in [2.24, 2.45) is 0 Å². The zero-order valence-corrected chi connectivity index (χ0v) is 13.2. The Morgan fingerprint density at radius 1 is 1.37 bits per heavy atom. The van der Waals surface area contributed by atoms with Gasteiger partial charge in [0.05, 0.1) is 12.4 Å². The molecule has 5 nitrogen and oxygen atoms in total. The molecule has 0 spiro atoms. The largest absolute Gasteiger partial charge is 0.383 e. The van der Waals surface area contributed by atoms with Crippen LogP contribution in [-0.4, -0.2) is 57.9 Å². The van der Waals surface area contributed by atoms with Crippen LogP contribution in [0.3, 0.4) is 0 Å². The molecule has 6 heteroatoms. The van der Waals surface area contributed by atoms with Crippen molar-refractivity contribution in [2.45, 2.75) is 32.7 Å². The SMILES string of the molecule is C=CCN(CCOC)S(=O)(=O)CCCCNC(C)C. The molecule has 0 bridgehead atoms. The second-order valence-corrected chi connectivity index (χ2v) is 6.86. The van der Waals surface area contributed by atoms with Gasteiger partial charge in [0.15, 0.2) is 0 Å². The maximum absolute atomic E-state index is 12.1. The summed E-state index contributed by atoms with van der Waals surface area (Å²) in [6.07, 6.45) is 3.14. The van der Waals surface area contributed by atoms with Gasteiger partial charge in [-0.2, -0.15) is 4.31 Å². The fourth-order valence-corrected chi connectivity index (χ4v) is 3.12. The Kier molecular flexibility index (Phi) is 10.1.